The summed E-state index contributed by atoms with van der Waals surface area (Å²) in [5.74, 6) is -6.51. The number of ether oxygens (including phenoxy) is 9. The Morgan fingerprint density at radius 2 is 1.70 bits per heavy atom. The van der Waals surface area contributed by atoms with Crippen LogP contribution in [0.5, 0.6) is 0 Å². The molecule has 3 aliphatic heterocycles. The van der Waals surface area contributed by atoms with Gasteiger partial charge in [-0.1, -0.05) is 71.0 Å². The van der Waals surface area contributed by atoms with Crippen LogP contribution in [0.1, 0.15) is 92.1 Å². The Morgan fingerprint density at radius 1 is 1.02 bits per heavy atom. The topological polar surface area (TPSA) is 209 Å². The van der Waals surface area contributed by atoms with E-state index < -0.39 is 108 Å². The number of alkyl halides is 1. The molecule has 1 aromatic carbocycles. The third-order valence-corrected chi connectivity index (χ3v) is 11.2. The zero-order chi connectivity index (χ0) is 45.0. The molecule has 340 valence electrons. The second kappa shape index (κ2) is 22.5. The van der Waals surface area contributed by atoms with Gasteiger partial charge < -0.3 is 52.8 Å². The van der Waals surface area contributed by atoms with Crippen molar-refractivity contribution < 1.29 is 76.8 Å². The Balaban J connectivity index is 1.79. The molecule has 2 saturated heterocycles. The van der Waals surface area contributed by atoms with Gasteiger partial charge in [-0.15, -0.1) is 11.6 Å². The molecule has 4 bridgehead atoms. The SMILES string of the molecule is CCC(=O)O[C@H]1/C(=C/C(=O)OC)CC2C[C@H]([C@@H](C)OCc3ccccc3)OC(=O)C[C@H](O)CC(=O)O[C@H](C(C)(C)COC(=O)CCl)C[C@@H]3CCO[C@H](/C=C/C(C)(C)[C@]1(O)O2)O3. The van der Waals surface area contributed by atoms with E-state index >= 15 is 0 Å². The third-order valence-electron chi connectivity index (χ3n) is 11.0. The summed E-state index contributed by atoms with van der Waals surface area (Å²) in [5.41, 5.74) is -1.35. The van der Waals surface area contributed by atoms with Crippen LogP contribution in [0.15, 0.2) is 54.1 Å². The van der Waals surface area contributed by atoms with Gasteiger partial charge in [0.1, 0.15) is 18.1 Å². The van der Waals surface area contributed by atoms with E-state index in [2.05, 4.69) is 0 Å². The fourth-order valence-corrected chi connectivity index (χ4v) is 7.27. The fourth-order valence-electron chi connectivity index (χ4n) is 7.19. The number of halogens is 1. The number of hydrogen-bond donors (Lipinski definition) is 2. The van der Waals surface area contributed by atoms with E-state index in [9.17, 15) is 34.2 Å². The highest BCUT2D eigenvalue weighted by atomic mass is 35.5. The summed E-state index contributed by atoms with van der Waals surface area (Å²) in [7, 11) is 1.19. The van der Waals surface area contributed by atoms with Gasteiger partial charge in [0.05, 0.1) is 64.2 Å². The predicted octanol–water partition coefficient (Wildman–Crippen LogP) is 4.77. The number of fused-ring (bicyclic) bond motifs is 4. The average Bonchev–Trinajstić information content (AvgIpc) is 3.21. The smallest absolute Gasteiger partial charge is 0.330 e. The van der Waals surface area contributed by atoms with Gasteiger partial charge in [-0.2, -0.15) is 0 Å². The summed E-state index contributed by atoms with van der Waals surface area (Å²) in [6.07, 6.45) is -4.81. The number of carbonyl (C=O) groups is 5. The Kier molecular flexibility index (Phi) is 18.3. The third kappa shape index (κ3) is 14.3. The first-order chi connectivity index (χ1) is 28.8. The molecule has 0 spiro atoms. The van der Waals surface area contributed by atoms with Crippen molar-refractivity contribution in [2.75, 3.05) is 26.2 Å². The molecular formula is C44H61ClO16. The molecule has 0 amide bonds. The van der Waals surface area contributed by atoms with Crippen molar-refractivity contribution in [3.8, 4) is 0 Å². The molecule has 0 radical (unpaired) electrons. The van der Waals surface area contributed by atoms with E-state index in [0.717, 1.165) is 11.6 Å². The molecule has 1 aromatic rings. The molecule has 4 rings (SSSR count). The van der Waals surface area contributed by atoms with Crippen molar-refractivity contribution in [1.29, 1.82) is 0 Å². The molecule has 1 unspecified atom stereocenters. The maximum absolute atomic E-state index is 13.6. The number of methoxy groups -OCH3 is 1. The first-order valence-corrected chi connectivity index (χ1v) is 21.1. The molecule has 0 aliphatic carbocycles. The number of aliphatic hydroxyl groups is 2. The highest BCUT2D eigenvalue weighted by Crippen LogP contribution is 2.47. The maximum atomic E-state index is 13.6. The lowest BCUT2D eigenvalue weighted by Crippen LogP contribution is -2.62. The minimum absolute atomic E-state index is 0.0503. The van der Waals surface area contributed by atoms with Crippen LogP contribution in [0.3, 0.4) is 0 Å². The minimum atomic E-state index is -2.35. The van der Waals surface area contributed by atoms with E-state index in [0.29, 0.717) is 6.42 Å². The molecule has 0 saturated carbocycles. The van der Waals surface area contributed by atoms with Crippen LogP contribution in [0.4, 0.5) is 0 Å². The summed E-state index contributed by atoms with van der Waals surface area (Å²) in [5, 5.41) is 23.8. The van der Waals surface area contributed by atoms with Gasteiger partial charge in [-0.25, -0.2) is 4.79 Å². The molecule has 0 aromatic heterocycles. The highest BCUT2D eigenvalue weighted by molar-refractivity contribution is 6.26. The summed E-state index contributed by atoms with van der Waals surface area (Å²) in [6, 6.07) is 9.30. The lowest BCUT2D eigenvalue weighted by molar-refractivity contribution is -0.327. The number of benzene rings is 1. The normalized spacial score (nSPS) is 30.8. The molecule has 9 atom stereocenters. The predicted molar refractivity (Wildman–Crippen MR) is 217 cm³/mol. The largest absolute Gasteiger partial charge is 0.466 e. The lowest BCUT2D eigenvalue weighted by Gasteiger charge is -2.51. The van der Waals surface area contributed by atoms with Gasteiger partial charge >= 0.3 is 29.8 Å². The monoisotopic (exact) mass is 880 g/mol. The van der Waals surface area contributed by atoms with Gasteiger partial charge in [0, 0.05) is 36.2 Å². The highest BCUT2D eigenvalue weighted by Gasteiger charge is 2.58. The van der Waals surface area contributed by atoms with Crippen LogP contribution in [-0.2, 0) is 73.2 Å². The first kappa shape index (κ1) is 49.8. The zero-order valence-corrected chi connectivity index (χ0v) is 36.8. The van der Waals surface area contributed by atoms with Crippen molar-refractivity contribution in [1.82, 2.24) is 0 Å². The van der Waals surface area contributed by atoms with Gasteiger partial charge in [0.25, 0.3) is 0 Å². The number of cyclic esters (lactones) is 2. The van der Waals surface area contributed by atoms with Crippen molar-refractivity contribution in [2.24, 2.45) is 10.8 Å². The summed E-state index contributed by atoms with van der Waals surface area (Å²) >= 11 is 5.66. The summed E-state index contributed by atoms with van der Waals surface area (Å²) in [4.78, 5) is 64.7. The van der Waals surface area contributed by atoms with Crippen LogP contribution in [-0.4, -0.2) is 121 Å². The first-order valence-electron chi connectivity index (χ1n) is 20.6. The van der Waals surface area contributed by atoms with Crippen LogP contribution >= 0.6 is 11.6 Å². The number of rotatable bonds is 11. The lowest BCUT2D eigenvalue weighted by atomic mass is 9.74. The quantitative estimate of drug-likeness (QED) is 0.101. The van der Waals surface area contributed by atoms with Crippen LogP contribution < -0.4 is 0 Å². The molecular weight excluding hydrogens is 820 g/mol. The summed E-state index contributed by atoms with van der Waals surface area (Å²) < 4.78 is 52.9. The standard InChI is InChI=1S/C44H61ClO16/c1-8-35(47)60-41-29(19-36(48)53-7)18-32-22-33(27(2)55-25-28-12-10-9-11-13-28)58-37(49)20-30(46)21-38(50)59-34(42(3,4)26-56-39(51)24-45)23-31-15-17-54-40(57-31)14-16-43(5,6)44(41,52)61-32/h9-14,16,19,27,30-34,40-41,46,52H,8,15,17-18,20-26H2,1-7H3/b16-14+,29-19+/t27-,30+,31+,32?,33-,34+,40+,41+,44-/m1/s1. The molecule has 3 heterocycles. The number of aliphatic hydroxyl groups excluding tert-OH is 1. The van der Waals surface area contributed by atoms with Gasteiger partial charge in [-0.05, 0) is 37.0 Å². The molecule has 16 nitrogen and oxygen atoms in total. The molecule has 2 fully saturated rings. The van der Waals surface area contributed by atoms with Crippen molar-refractivity contribution in [3.63, 3.8) is 0 Å². The van der Waals surface area contributed by atoms with Gasteiger partial charge in [0.15, 0.2) is 12.4 Å². The zero-order valence-electron chi connectivity index (χ0n) is 36.0. The van der Waals surface area contributed by atoms with E-state index in [1.165, 1.54) is 7.11 Å². The van der Waals surface area contributed by atoms with Crippen LogP contribution in [0.2, 0.25) is 0 Å². The van der Waals surface area contributed by atoms with Crippen LogP contribution in [0, 0.1) is 10.8 Å². The van der Waals surface area contributed by atoms with Crippen molar-refractivity contribution in [2.45, 2.75) is 148 Å². The van der Waals surface area contributed by atoms with E-state index in [4.69, 9.17) is 54.2 Å². The molecule has 3 aliphatic rings. The van der Waals surface area contributed by atoms with E-state index in [-0.39, 0.29) is 57.0 Å². The van der Waals surface area contributed by atoms with E-state index in [1.807, 2.05) is 30.3 Å². The Hall–Kier alpha value is -3.90. The molecule has 17 heteroatoms. The van der Waals surface area contributed by atoms with Crippen LogP contribution in [0.25, 0.3) is 0 Å². The number of hydrogen-bond acceptors (Lipinski definition) is 16. The second-order valence-corrected chi connectivity index (χ2v) is 17.1. The molecule has 2 N–H and O–H groups in total. The second-order valence-electron chi connectivity index (χ2n) is 16.8. The summed E-state index contributed by atoms with van der Waals surface area (Å²) in [6.45, 7) is 10.3. The Morgan fingerprint density at radius 3 is 2.36 bits per heavy atom. The molecule has 61 heavy (non-hydrogen) atoms. The van der Waals surface area contributed by atoms with Gasteiger partial charge in [-0.3, -0.25) is 19.2 Å². The Bertz CT molecular complexity index is 1710. The number of carbonyl (C=O) groups excluding carboxylic acids is 5. The van der Waals surface area contributed by atoms with Gasteiger partial charge in [0.2, 0.25) is 5.79 Å². The van der Waals surface area contributed by atoms with Crippen molar-refractivity contribution >= 4 is 41.4 Å². The maximum Gasteiger partial charge on any atom is 0.330 e. The van der Waals surface area contributed by atoms with E-state index in [1.54, 1.807) is 53.7 Å². The Labute approximate surface area is 362 Å². The average molecular weight is 881 g/mol. The van der Waals surface area contributed by atoms with Crippen molar-refractivity contribution in [3.05, 3.63) is 59.7 Å². The fraction of sp³-hybridized carbons (Fsp3) is 0.659. The minimum Gasteiger partial charge on any atom is -0.466 e. The number of esters is 5.